The number of carbonyl (C=O) groups excluding carboxylic acids is 2. The maximum absolute atomic E-state index is 12.1. The van der Waals surface area contributed by atoms with Gasteiger partial charge in [0.15, 0.2) is 0 Å². The molecule has 6 heteroatoms. The quantitative estimate of drug-likeness (QED) is 0.816. The Morgan fingerprint density at radius 3 is 2.84 bits per heavy atom. The van der Waals surface area contributed by atoms with Gasteiger partial charge in [0, 0.05) is 12.6 Å². The predicted molar refractivity (Wildman–Crippen MR) is 95.3 cm³/mol. The average molecular weight is 345 g/mol. The second-order valence-corrected chi connectivity index (χ2v) is 6.83. The predicted octanol–water partition coefficient (Wildman–Crippen LogP) is 1.65. The molecule has 1 aromatic carbocycles. The third-order valence-corrected chi connectivity index (χ3v) is 4.83. The molecule has 0 saturated carbocycles. The molecular weight excluding hydrogens is 318 g/mol. The van der Waals surface area contributed by atoms with Crippen molar-refractivity contribution in [3.8, 4) is 0 Å². The number of hydrogen-bond acceptors (Lipinski definition) is 4. The molecule has 25 heavy (non-hydrogen) atoms. The minimum atomic E-state index is -0.388. The molecule has 2 heterocycles. The van der Waals surface area contributed by atoms with Gasteiger partial charge in [-0.2, -0.15) is 0 Å². The van der Waals surface area contributed by atoms with E-state index in [2.05, 4.69) is 34.5 Å². The summed E-state index contributed by atoms with van der Waals surface area (Å²) in [4.78, 5) is 27.4. The van der Waals surface area contributed by atoms with E-state index in [4.69, 9.17) is 4.74 Å². The molecule has 1 N–H and O–H groups in total. The highest BCUT2D eigenvalue weighted by Gasteiger charge is 2.26. The zero-order chi connectivity index (χ0) is 17.5. The van der Waals surface area contributed by atoms with Gasteiger partial charge in [-0.05, 0) is 44.3 Å². The Bertz CT molecular complexity index is 579. The molecule has 2 aliphatic heterocycles. The van der Waals surface area contributed by atoms with Gasteiger partial charge in [-0.1, -0.05) is 30.3 Å². The summed E-state index contributed by atoms with van der Waals surface area (Å²) in [5.41, 5.74) is 1.38. The molecule has 136 valence electrons. The van der Waals surface area contributed by atoms with E-state index in [1.165, 1.54) is 10.5 Å². The van der Waals surface area contributed by atoms with Crippen molar-refractivity contribution in [2.75, 3.05) is 39.3 Å². The molecule has 0 unspecified atom stereocenters. The van der Waals surface area contributed by atoms with Crippen molar-refractivity contribution in [2.24, 2.45) is 0 Å². The van der Waals surface area contributed by atoms with Gasteiger partial charge < -0.3 is 15.0 Å². The minimum Gasteiger partial charge on any atom is -0.448 e. The zero-order valence-electron chi connectivity index (χ0n) is 14.7. The monoisotopic (exact) mass is 345 g/mol. The summed E-state index contributed by atoms with van der Waals surface area (Å²) in [6.45, 7) is 4.03. The van der Waals surface area contributed by atoms with Gasteiger partial charge in [-0.3, -0.25) is 9.69 Å². The smallest absolute Gasteiger partial charge is 0.410 e. The standard InChI is InChI=1S/C19H27N3O3/c23-18(15-22-12-13-25-19(22)24)20-17-9-5-11-21(14-17)10-4-8-16-6-2-1-3-7-16/h1-3,6-7,17H,4-5,8-15H2,(H,20,23)/t17-/m1/s1. The molecule has 1 aromatic rings. The second-order valence-electron chi connectivity index (χ2n) is 6.83. The van der Waals surface area contributed by atoms with E-state index >= 15 is 0 Å². The lowest BCUT2D eigenvalue weighted by molar-refractivity contribution is -0.122. The minimum absolute atomic E-state index is 0.0880. The van der Waals surface area contributed by atoms with Crippen LogP contribution in [0.2, 0.25) is 0 Å². The molecule has 0 aliphatic carbocycles. The Kier molecular flexibility index (Phi) is 6.28. The Hall–Kier alpha value is -2.08. The van der Waals surface area contributed by atoms with Crippen LogP contribution in [0.3, 0.4) is 0 Å². The molecule has 2 fully saturated rings. The largest absolute Gasteiger partial charge is 0.448 e. The lowest BCUT2D eigenvalue weighted by Gasteiger charge is -2.33. The maximum Gasteiger partial charge on any atom is 0.410 e. The molecule has 3 rings (SSSR count). The van der Waals surface area contributed by atoms with Gasteiger partial charge in [-0.25, -0.2) is 4.79 Å². The van der Waals surface area contributed by atoms with Gasteiger partial charge in [0.2, 0.25) is 5.91 Å². The van der Waals surface area contributed by atoms with Crippen LogP contribution in [-0.4, -0.2) is 67.2 Å². The summed E-state index contributed by atoms with van der Waals surface area (Å²) < 4.78 is 4.85. The molecular formula is C19H27N3O3. The number of rotatable bonds is 7. The number of carbonyl (C=O) groups is 2. The van der Waals surface area contributed by atoms with Crippen LogP contribution in [-0.2, 0) is 16.0 Å². The number of nitrogens with zero attached hydrogens (tertiary/aromatic N) is 2. The van der Waals surface area contributed by atoms with E-state index in [0.717, 1.165) is 45.3 Å². The van der Waals surface area contributed by atoms with E-state index in [-0.39, 0.29) is 24.6 Å². The summed E-state index contributed by atoms with van der Waals surface area (Å²) in [5, 5.41) is 3.07. The van der Waals surface area contributed by atoms with Crippen molar-refractivity contribution in [3.63, 3.8) is 0 Å². The van der Waals surface area contributed by atoms with Gasteiger partial charge in [0.05, 0.1) is 6.54 Å². The van der Waals surface area contributed by atoms with Gasteiger partial charge in [-0.15, -0.1) is 0 Å². The normalized spacial score (nSPS) is 21.2. The third-order valence-electron chi connectivity index (χ3n) is 4.83. The van der Waals surface area contributed by atoms with Crippen molar-refractivity contribution in [1.29, 1.82) is 0 Å². The first-order chi connectivity index (χ1) is 12.2. The number of likely N-dealkylation sites (tertiary alicyclic amines) is 1. The SMILES string of the molecule is O=C(CN1CCOC1=O)N[C@@H]1CCCN(CCCc2ccccc2)C1. The first kappa shape index (κ1) is 17.7. The van der Waals surface area contributed by atoms with Crippen LogP contribution in [0.15, 0.2) is 30.3 Å². The van der Waals surface area contributed by atoms with Crippen molar-refractivity contribution in [2.45, 2.75) is 31.7 Å². The molecule has 0 bridgehead atoms. The summed E-state index contributed by atoms with van der Waals surface area (Å²) in [7, 11) is 0. The fraction of sp³-hybridized carbons (Fsp3) is 0.579. The summed E-state index contributed by atoms with van der Waals surface area (Å²) in [5.74, 6) is -0.0880. The van der Waals surface area contributed by atoms with E-state index in [1.807, 2.05) is 6.07 Å². The van der Waals surface area contributed by atoms with E-state index in [0.29, 0.717) is 13.2 Å². The first-order valence-electron chi connectivity index (χ1n) is 9.18. The van der Waals surface area contributed by atoms with Crippen LogP contribution < -0.4 is 5.32 Å². The highest BCUT2D eigenvalue weighted by Crippen LogP contribution is 2.12. The molecule has 2 aliphatic rings. The number of amides is 2. The van der Waals surface area contributed by atoms with E-state index < -0.39 is 0 Å². The molecule has 0 aromatic heterocycles. The molecule has 0 spiro atoms. The number of nitrogens with one attached hydrogen (secondary N) is 1. The van der Waals surface area contributed by atoms with Crippen LogP contribution in [0.25, 0.3) is 0 Å². The highest BCUT2D eigenvalue weighted by molar-refractivity contribution is 5.83. The van der Waals surface area contributed by atoms with Gasteiger partial charge in [0.25, 0.3) is 0 Å². The number of hydrogen-bond donors (Lipinski definition) is 1. The van der Waals surface area contributed by atoms with Crippen LogP contribution in [0, 0.1) is 0 Å². The average Bonchev–Trinajstić information content (AvgIpc) is 3.01. The van der Waals surface area contributed by atoms with Crippen LogP contribution in [0.5, 0.6) is 0 Å². The van der Waals surface area contributed by atoms with Gasteiger partial charge >= 0.3 is 6.09 Å². The van der Waals surface area contributed by atoms with Crippen LogP contribution in [0.4, 0.5) is 4.79 Å². The van der Waals surface area contributed by atoms with E-state index in [9.17, 15) is 9.59 Å². The van der Waals surface area contributed by atoms with Crippen molar-refractivity contribution in [3.05, 3.63) is 35.9 Å². The summed E-state index contributed by atoms with van der Waals surface area (Å²) in [6, 6.07) is 10.7. The number of benzene rings is 1. The second kappa shape index (κ2) is 8.85. The molecule has 1 atom stereocenters. The summed E-state index contributed by atoms with van der Waals surface area (Å²) in [6.07, 6.45) is 3.93. The van der Waals surface area contributed by atoms with E-state index in [1.54, 1.807) is 0 Å². The fourth-order valence-electron chi connectivity index (χ4n) is 3.54. The number of ether oxygens (including phenoxy) is 1. The Balaban J connectivity index is 1.37. The Labute approximate surface area is 149 Å². The maximum atomic E-state index is 12.1. The summed E-state index contributed by atoms with van der Waals surface area (Å²) >= 11 is 0. The van der Waals surface area contributed by atoms with Crippen molar-refractivity contribution in [1.82, 2.24) is 15.1 Å². The molecule has 0 radical (unpaired) electrons. The van der Waals surface area contributed by atoms with Gasteiger partial charge in [0.1, 0.15) is 13.2 Å². The highest BCUT2D eigenvalue weighted by atomic mass is 16.6. The lowest BCUT2D eigenvalue weighted by atomic mass is 10.0. The molecule has 2 amide bonds. The topological polar surface area (TPSA) is 61.9 Å². The van der Waals surface area contributed by atoms with Crippen LogP contribution in [0.1, 0.15) is 24.8 Å². The number of aryl methyl sites for hydroxylation is 1. The van der Waals surface area contributed by atoms with Crippen molar-refractivity contribution < 1.29 is 14.3 Å². The lowest BCUT2D eigenvalue weighted by Crippen LogP contribution is -2.50. The first-order valence-corrected chi connectivity index (χ1v) is 9.18. The number of piperidine rings is 1. The Morgan fingerprint density at radius 2 is 2.08 bits per heavy atom. The molecule has 6 nitrogen and oxygen atoms in total. The number of cyclic esters (lactones) is 1. The third kappa shape index (κ3) is 5.46. The van der Waals surface area contributed by atoms with Crippen molar-refractivity contribution >= 4 is 12.0 Å². The Morgan fingerprint density at radius 1 is 1.24 bits per heavy atom. The molecule has 2 saturated heterocycles. The fourth-order valence-corrected chi connectivity index (χ4v) is 3.54. The zero-order valence-corrected chi connectivity index (χ0v) is 14.7. The van der Waals surface area contributed by atoms with Crippen LogP contribution >= 0.6 is 0 Å².